The third-order valence-corrected chi connectivity index (χ3v) is 2.48. The molecule has 92 valence electrons. The molecule has 2 unspecified atom stereocenters. The summed E-state index contributed by atoms with van der Waals surface area (Å²) < 4.78 is 5.00. The van der Waals surface area contributed by atoms with Gasteiger partial charge in [0, 0.05) is 6.61 Å². The fraction of sp³-hybridized carbons (Fsp3) is 0.417. The largest absolute Gasteiger partial charge is 0.495 e. The van der Waals surface area contributed by atoms with Crippen molar-refractivity contribution >= 4 is 0 Å². The third kappa shape index (κ3) is 3.17. The lowest BCUT2D eigenvalue weighted by atomic mass is 10.0. The van der Waals surface area contributed by atoms with Crippen LogP contribution in [0.2, 0.25) is 0 Å². The van der Waals surface area contributed by atoms with Gasteiger partial charge in [0.2, 0.25) is 0 Å². The lowest BCUT2D eigenvalue weighted by molar-refractivity contribution is 0.00413. The molecule has 3 N–H and O–H groups in total. The van der Waals surface area contributed by atoms with E-state index in [2.05, 4.69) is 0 Å². The number of nitriles is 1. The van der Waals surface area contributed by atoms with Gasteiger partial charge >= 0.3 is 0 Å². The summed E-state index contributed by atoms with van der Waals surface area (Å²) in [5.41, 5.74) is 0.807. The van der Waals surface area contributed by atoms with Crippen molar-refractivity contribution in [2.75, 3.05) is 13.7 Å². The normalized spacial score (nSPS) is 13.8. The van der Waals surface area contributed by atoms with Gasteiger partial charge in [0.15, 0.2) is 0 Å². The summed E-state index contributed by atoms with van der Waals surface area (Å²) in [5.74, 6) is 0.347. The average molecular weight is 237 g/mol. The van der Waals surface area contributed by atoms with Crippen LogP contribution in [-0.4, -0.2) is 35.1 Å². The van der Waals surface area contributed by atoms with Gasteiger partial charge in [-0.2, -0.15) is 5.26 Å². The standard InChI is InChI=1S/C12H15NO4/c1-17-11-6-8(2-3-9(11)7-13)12(16)10(15)4-5-14/h2-3,6,10,12,14-16H,4-5H2,1H3. The van der Waals surface area contributed by atoms with Crippen LogP contribution < -0.4 is 4.74 Å². The van der Waals surface area contributed by atoms with Crippen LogP contribution in [0.25, 0.3) is 0 Å². The predicted octanol–water partition coefficient (Wildman–Crippen LogP) is 0.344. The predicted molar refractivity (Wildman–Crippen MR) is 60.4 cm³/mol. The Morgan fingerprint density at radius 1 is 1.41 bits per heavy atom. The van der Waals surface area contributed by atoms with Gasteiger partial charge in [0.05, 0.1) is 18.8 Å². The molecule has 0 heterocycles. The Morgan fingerprint density at radius 2 is 2.12 bits per heavy atom. The van der Waals surface area contributed by atoms with Gasteiger partial charge in [-0.3, -0.25) is 0 Å². The topological polar surface area (TPSA) is 93.7 Å². The lowest BCUT2D eigenvalue weighted by Crippen LogP contribution is -2.19. The van der Waals surface area contributed by atoms with Gasteiger partial charge in [0.25, 0.3) is 0 Å². The number of aliphatic hydroxyl groups excluding tert-OH is 3. The number of hydrogen-bond acceptors (Lipinski definition) is 5. The molecule has 1 rings (SSSR count). The number of benzene rings is 1. The lowest BCUT2D eigenvalue weighted by Gasteiger charge is -2.18. The second kappa shape index (κ2) is 6.21. The molecule has 17 heavy (non-hydrogen) atoms. The molecule has 5 nitrogen and oxygen atoms in total. The summed E-state index contributed by atoms with van der Waals surface area (Å²) in [4.78, 5) is 0. The molecule has 0 aliphatic carbocycles. The molecular weight excluding hydrogens is 222 g/mol. The van der Waals surface area contributed by atoms with E-state index >= 15 is 0 Å². The van der Waals surface area contributed by atoms with Crippen LogP contribution in [-0.2, 0) is 0 Å². The van der Waals surface area contributed by atoms with Crippen molar-refractivity contribution in [1.82, 2.24) is 0 Å². The van der Waals surface area contributed by atoms with E-state index in [0.717, 1.165) is 0 Å². The number of methoxy groups -OCH3 is 1. The maximum Gasteiger partial charge on any atom is 0.136 e. The van der Waals surface area contributed by atoms with E-state index in [1.165, 1.54) is 19.2 Å². The van der Waals surface area contributed by atoms with Gasteiger partial charge in [-0.15, -0.1) is 0 Å². The molecule has 0 aromatic heterocycles. The molecule has 0 bridgehead atoms. The van der Waals surface area contributed by atoms with Crippen LogP contribution in [0.5, 0.6) is 5.75 Å². The minimum absolute atomic E-state index is 0.0868. The van der Waals surface area contributed by atoms with Gasteiger partial charge < -0.3 is 20.1 Å². The Morgan fingerprint density at radius 3 is 2.65 bits per heavy atom. The zero-order chi connectivity index (χ0) is 12.8. The molecule has 1 aromatic rings. The smallest absolute Gasteiger partial charge is 0.136 e. The number of nitrogens with zero attached hydrogens (tertiary/aromatic N) is 1. The van der Waals surface area contributed by atoms with Crippen LogP contribution in [0, 0.1) is 11.3 Å². The van der Waals surface area contributed by atoms with Crippen LogP contribution in [0.1, 0.15) is 23.7 Å². The fourth-order valence-electron chi connectivity index (χ4n) is 1.50. The highest BCUT2D eigenvalue weighted by atomic mass is 16.5. The first kappa shape index (κ1) is 13.5. The molecule has 5 heteroatoms. The van der Waals surface area contributed by atoms with E-state index in [1.807, 2.05) is 6.07 Å². The van der Waals surface area contributed by atoms with E-state index in [9.17, 15) is 10.2 Å². The van der Waals surface area contributed by atoms with Gasteiger partial charge in [-0.1, -0.05) is 6.07 Å². The van der Waals surface area contributed by atoms with Crippen molar-refractivity contribution in [3.63, 3.8) is 0 Å². The molecule has 0 saturated heterocycles. The van der Waals surface area contributed by atoms with Crippen molar-refractivity contribution in [2.24, 2.45) is 0 Å². The Bertz CT molecular complexity index is 413. The molecule has 0 amide bonds. The molecule has 0 aliphatic heterocycles. The van der Waals surface area contributed by atoms with E-state index in [-0.39, 0.29) is 13.0 Å². The van der Waals surface area contributed by atoms with E-state index < -0.39 is 12.2 Å². The number of rotatable bonds is 5. The highest BCUT2D eigenvalue weighted by Crippen LogP contribution is 2.25. The van der Waals surface area contributed by atoms with Crippen molar-refractivity contribution < 1.29 is 20.1 Å². The maximum absolute atomic E-state index is 9.80. The number of aliphatic hydroxyl groups is 3. The van der Waals surface area contributed by atoms with Crippen LogP contribution in [0.15, 0.2) is 18.2 Å². The molecule has 2 atom stereocenters. The molecule has 0 aliphatic rings. The van der Waals surface area contributed by atoms with Crippen molar-refractivity contribution in [3.05, 3.63) is 29.3 Å². The molecule has 0 fully saturated rings. The zero-order valence-electron chi connectivity index (χ0n) is 9.50. The zero-order valence-corrected chi connectivity index (χ0v) is 9.50. The molecule has 1 aromatic carbocycles. The van der Waals surface area contributed by atoms with Gasteiger partial charge in [-0.25, -0.2) is 0 Å². The van der Waals surface area contributed by atoms with E-state index in [4.69, 9.17) is 15.1 Å². The number of hydrogen-bond donors (Lipinski definition) is 3. The SMILES string of the molecule is COc1cc(C(O)C(O)CCO)ccc1C#N. The van der Waals surface area contributed by atoms with Crippen LogP contribution in [0.3, 0.4) is 0 Å². The van der Waals surface area contributed by atoms with Crippen LogP contribution >= 0.6 is 0 Å². The van der Waals surface area contributed by atoms with Crippen molar-refractivity contribution in [3.8, 4) is 11.8 Å². The fourth-order valence-corrected chi connectivity index (χ4v) is 1.50. The summed E-state index contributed by atoms with van der Waals surface area (Å²) in [7, 11) is 1.43. The molecule has 0 saturated carbocycles. The third-order valence-electron chi connectivity index (χ3n) is 2.48. The molecule has 0 spiro atoms. The summed E-state index contributed by atoms with van der Waals surface area (Å²) in [6.07, 6.45) is -2.06. The number of ether oxygens (including phenoxy) is 1. The summed E-state index contributed by atoms with van der Waals surface area (Å²) in [5, 5.41) is 36.8. The summed E-state index contributed by atoms with van der Waals surface area (Å²) in [6.45, 7) is -0.203. The minimum atomic E-state index is -1.11. The monoisotopic (exact) mass is 237 g/mol. The highest BCUT2D eigenvalue weighted by molar-refractivity contribution is 5.45. The Balaban J connectivity index is 2.96. The van der Waals surface area contributed by atoms with Gasteiger partial charge in [0.1, 0.15) is 17.9 Å². The molecular formula is C12H15NO4. The van der Waals surface area contributed by atoms with Gasteiger partial charge in [-0.05, 0) is 24.1 Å². The quantitative estimate of drug-likeness (QED) is 0.686. The van der Waals surface area contributed by atoms with Crippen molar-refractivity contribution in [1.29, 1.82) is 5.26 Å². The maximum atomic E-state index is 9.80. The van der Waals surface area contributed by atoms with E-state index in [0.29, 0.717) is 16.9 Å². The van der Waals surface area contributed by atoms with E-state index in [1.54, 1.807) is 6.07 Å². The first-order valence-electron chi connectivity index (χ1n) is 5.19. The average Bonchev–Trinajstić information content (AvgIpc) is 2.37. The Labute approximate surface area is 99.5 Å². The Kier molecular flexibility index (Phi) is 4.91. The molecule has 0 radical (unpaired) electrons. The Hall–Kier alpha value is -1.61. The first-order valence-corrected chi connectivity index (χ1v) is 5.19. The summed E-state index contributed by atoms with van der Waals surface area (Å²) >= 11 is 0. The van der Waals surface area contributed by atoms with Crippen molar-refractivity contribution in [2.45, 2.75) is 18.6 Å². The summed E-state index contributed by atoms with van der Waals surface area (Å²) in [6, 6.07) is 6.53. The first-order chi connectivity index (χ1) is 8.13. The second-order valence-electron chi connectivity index (χ2n) is 3.60. The van der Waals surface area contributed by atoms with Crippen LogP contribution in [0.4, 0.5) is 0 Å². The second-order valence-corrected chi connectivity index (χ2v) is 3.60. The highest BCUT2D eigenvalue weighted by Gasteiger charge is 2.19. The minimum Gasteiger partial charge on any atom is -0.495 e.